The average molecular weight is 440 g/mol. The molecule has 2 aromatic heterocycles. The average Bonchev–Trinajstić information content (AvgIpc) is 3.38. The molecule has 10 heteroatoms. The van der Waals surface area contributed by atoms with Gasteiger partial charge in [-0.15, -0.1) is 11.3 Å². The van der Waals surface area contributed by atoms with Crippen LogP contribution in [0.3, 0.4) is 0 Å². The minimum absolute atomic E-state index is 0.300. The van der Waals surface area contributed by atoms with E-state index in [1.807, 2.05) is 35.7 Å². The highest BCUT2D eigenvalue weighted by molar-refractivity contribution is 7.92. The number of para-hydroxylation sites is 1. The van der Waals surface area contributed by atoms with Crippen LogP contribution in [0.1, 0.15) is 10.4 Å². The first kappa shape index (κ1) is 19.8. The normalized spacial score (nSPS) is 11.2. The van der Waals surface area contributed by atoms with Gasteiger partial charge in [-0.05, 0) is 24.3 Å². The van der Waals surface area contributed by atoms with Crippen LogP contribution >= 0.6 is 11.3 Å². The fourth-order valence-electron chi connectivity index (χ4n) is 2.72. The van der Waals surface area contributed by atoms with Crippen molar-refractivity contribution >= 4 is 38.1 Å². The number of carbonyl (C=O) groups is 1. The third-order valence-electron chi connectivity index (χ3n) is 4.07. The largest absolute Gasteiger partial charge is 0.298 e. The van der Waals surface area contributed by atoms with E-state index in [-0.39, 0.29) is 5.91 Å². The van der Waals surface area contributed by atoms with Crippen LogP contribution in [0.25, 0.3) is 16.9 Å². The van der Waals surface area contributed by atoms with Crippen molar-refractivity contribution in [1.82, 2.24) is 14.8 Å². The first-order valence-corrected chi connectivity index (χ1v) is 11.6. The smallest absolute Gasteiger partial charge is 0.260 e. The summed E-state index contributed by atoms with van der Waals surface area (Å²) >= 11 is 1.30. The number of nitrogens with zero attached hydrogens (tertiary/aromatic N) is 3. The van der Waals surface area contributed by atoms with E-state index >= 15 is 0 Å². The van der Waals surface area contributed by atoms with Gasteiger partial charge in [0.05, 0.1) is 29.4 Å². The number of sulfonamides is 1. The van der Waals surface area contributed by atoms with E-state index in [0.717, 1.165) is 17.5 Å². The lowest BCUT2D eigenvalue weighted by molar-refractivity contribution is 0.102. The molecule has 0 spiro atoms. The van der Waals surface area contributed by atoms with Gasteiger partial charge in [0.25, 0.3) is 5.91 Å². The molecule has 0 unspecified atom stereocenters. The van der Waals surface area contributed by atoms with Crippen molar-refractivity contribution in [3.63, 3.8) is 0 Å². The SMILES string of the molecule is CS(=O)(=O)Nc1ccc(-c2csc(NC(=O)c3cnn(-c4ccccc4)c3)n2)cc1. The number of nitrogens with one attached hydrogen (secondary N) is 2. The molecule has 152 valence electrons. The molecular formula is C20H17N5O3S2. The molecular weight excluding hydrogens is 422 g/mol. The molecule has 30 heavy (non-hydrogen) atoms. The van der Waals surface area contributed by atoms with Crippen LogP contribution in [0.2, 0.25) is 0 Å². The Kier molecular flexibility index (Phi) is 5.34. The molecule has 0 aliphatic carbocycles. The van der Waals surface area contributed by atoms with Gasteiger partial charge < -0.3 is 0 Å². The lowest BCUT2D eigenvalue weighted by atomic mass is 10.1. The number of hydrogen-bond acceptors (Lipinski definition) is 6. The highest BCUT2D eigenvalue weighted by atomic mass is 32.2. The van der Waals surface area contributed by atoms with Crippen molar-refractivity contribution in [2.24, 2.45) is 0 Å². The molecule has 0 saturated carbocycles. The number of anilines is 2. The summed E-state index contributed by atoms with van der Waals surface area (Å²) in [5.41, 5.74) is 3.25. The number of thiazole rings is 1. The maximum absolute atomic E-state index is 12.5. The Bertz CT molecular complexity index is 1280. The van der Waals surface area contributed by atoms with Crippen molar-refractivity contribution in [3.8, 4) is 16.9 Å². The van der Waals surface area contributed by atoms with Crippen molar-refractivity contribution < 1.29 is 13.2 Å². The van der Waals surface area contributed by atoms with Crippen molar-refractivity contribution in [3.05, 3.63) is 77.9 Å². The molecule has 0 bridgehead atoms. The minimum atomic E-state index is -3.32. The Balaban J connectivity index is 1.44. The lowest BCUT2D eigenvalue weighted by Gasteiger charge is -2.04. The topological polar surface area (TPSA) is 106 Å². The number of hydrogen-bond donors (Lipinski definition) is 2. The molecule has 0 saturated heterocycles. The molecule has 8 nitrogen and oxygen atoms in total. The predicted octanol–water partition coefficient (Wildman–Crippen LogP) is 3.62. The molecule has 0 atom stereocenters. The summed E-state index contributed by atoms with van der Waals surface area (Å²) < 4.78 is 26.6. The van der Waals surface area contributed by atoms with Crippen LogP contribution in [0.5, 0.6) is 0 Å². The monoisotopic (exact) mass is 439 g/mol. The fourth-order valence-corrected chi connectivity index (χ4v) is 4.00. The van der Waals surface area contributed by atoms with Crippen LogP contribution in [0.4, 0.5) is 10.8 Å². The van der Waals surface area contributed by atoms with Gasteiger partial charge in [-0.3, -0.25) is 14.8 Å². The van der Waals surface area contributed by atoms with Gasteiger partial charge in [0.1, 0.15) is 0 Å². The Morgan fingerprint density at radius 3 is 2.50 bits per heavy atom. The van der Waals surface area contributed by atoms with Gasteiger partial charge in [-0.25, -0.2) is 18.1 Å². The van der Waals surface area contributed by atoms with E-state index in [0.29, 0.717) is 22.1 Å². The minimum Gasteiger partial charge on any atom is -0.298 e. The molecule has 4 aromatic rings. The zero-order chi connectivity index (χ0) is 21.1. The molecule has 2 aromatic carbocycles. The van der Waals surface area contributed by atoms with E-state index in [1.165, 1.54) is 17.5 Å². The molecule has 0 aliphatic rings. The Morgan fingerprint density at radius 1 is 1.07 bits per heavy atom. The van der Waals surface area contributed by atoms with Crippen LogP contribution < -0.4 is 10.0 Å². The maximum atomic E-state index is 12.5. The van der Waals surface area contributed by atoms with Crippen LogP contribution in [0, 0.1) is 0 Å². The molecule has 2 N–H and O–H groups in total. The lowest BCUT2D eigenvalue weighted by Crippen LogP contribution is -2.10. The van der Waals surface area contributed by atoms with Crippen LogP contribution in [0.15, 0.2) is 72.4 Å². The summed E-state index contributed by atoms with van der Waals surface area (Å²) in [6.07, 6.45) is 4.26. The van der Waals surface area contributed by atoms with Crippen molar-refractivity contribution in [1.29, 1.82) is 0 Å². The summed E-state index contributed by atoms with van der Waals surface area (Å²) in [6, 6.07) is 16.4. The second-order valence-electron chi connectivity index (χ2n) is 6.45. The van der Waals surface area contributed by atoms with Gasteiger partial charge in [-0.2, -0.15) is 5.10 Å². The highest BCUT2D eigenvalue weighted by Crippen LogP contribution is 2.26. The van der Waals surface area contributed by atoms with E-state index in [2.05, 4.69) is 20.1 Å². The Morgan fingerprint density at radius 2 is 1.80 bits per heavy atom. The molecule has 0 aliphatic heterocycles. The predicted molar refractivity (Wildman–Crippen MR) is 118 cm³/mol. The standard InChI is InChI=1S/C20H17N5O3S2/c1-30(27,28)24-16-9-7-14(8-10-16)18-13-29-20(22-18)23-19(26)15-11-21-25(12-15)17-5-3-2-4-6-17/h2-13,24H,1H3,(H,22,23,26). The fraction of sp³-hybridized carbons (Fsp3) is 0.0500. The van der Waals surface area contributed by atoms with E-state index < -0.39 is 10.0 Å². The van der Waals surface area contributed by atoms with Gasteiger partial charge in [-0.1, -0.05) is 30.3 Å². The molecule has 1 amide bonds. The third kappa shape index (κ3) is 4.73. The summed E-state index contributed by atoms with van der Waals surface area (Å²) in [7, 11) is -3.32. The number of aromatic nitrogens is 3. The van der Waals surface area contributed by atoms with E-state index in [4.69, 9.17) is 0 Å². The van der Waals surface area contributed by atoms with E-state index in [1.54, 1.807) is 35.1 Å². The highest BCUT2D eigenvalue weighted by Gasteiger charge is 2.13. The summed E-state index contributed by atoms with van der Waals surface area (Å²) in [6.45, 7) is 0. The summed E-state index contributed by atoms with van der Waals surface area (Å²) in [4.78, 5) is 17.0. The second kappa shape index (κ2) is 8.09. The summed E-state index contributed by atoms with van der Waals surface area (Å²) in [5.74, 6) is -0.300. The van der Waals surface area contributed by atoms with Crippen molar-refractivity contribution in [2.75, 3.05) is 16.3 Å². The first-order chi connectivity index (χ1) is 14.4. The van der Waals surface area contributed by atoms with Crippen LogP contribution in [-0.4, -0.2) is 35.3 Å². The second-order valence-corrected chi connectivity index (χ2v) is 9.06. The quantitative estimate of drug-likeness (QED) is 0.477. The number of carbonyl (C=O) groups excluding carboxylic acids is 1. The number of amides is 1. The Hall–Kier alpha value is -3.50. The number of benzene rings is 2. The van der Waals surface area contributed by atoms with Crippen molar-refractivity contribution in [2.45, 2.75) is 0 Å². The zero-order valence-corrected chi connectivity index (χ0v) is 17.4. The summed E-state index contributed by atoms with van der Waals surface area (Å²) in [5, 5.41) is 9.29. The van der Waals surface area contributed by atoms with Crippen LogP contribution in [-0.2, 0) is 10.0 Å². The molecule has 2 heterocycles. The zero-order valence-electron chi connectivity index (χ0n) is 15.8. The molecule has 0 radical (unpaired) electrons. The Labute approximate surface area is 177 Å². The van der Waals surface area contributed by atoms with Gasteiger partial charge in [0.2, 0.25) is 10.0 Å². The third-order valence-corrected chi connectivity index (χ3v) is 5.44. The van der Waals surface area contributed by atoms with Gasteiger partial charge >= 0.3 is 0 Å². The molecule has 4 rings (SSSR count). The van der Waals surface area contributed by atoms with Gasteiger partial charge in [0.15, 0.2) is 5.13 Å². The maximum Gasteiger partial charge on any atom is 0.260 e. The van der Waals surface area contributed by atoms with Gasteiger partial charge in [0, 0.05) is 22.8 Å². The first-order valence-electron chi connectivity index (χ1n) is 8.82. The van der Waals surface area contributed by atoms with E-state index in [9.17, 15) is 13.2 Å². The number of rotatable bonds is 6. The molecule has 0 fully saturated rings.